The van der Waals surface area contributed by atoms with Gasteiger partial charge < -0.3 is 14.4 Å². The van der Waals surface area contributed by atoms with Gasteiger partial charge in [-0.05, 0) is 55.0 Å². The van der Waals surface area contributed by atoms with Crippen LogP contribution in [0.4, 0.5) is 5.13 Å². The van der Waals surface area contributed by atoms with Gasteiger partial charge in [0.2, 0.25) is 0 Å². The molecule has 4 aromatic rings. The molecule has 9 nitrogen and oxygen atoms in total. The second-order valence-corrected chi connectivity index (χ2v) is 10.6. The number of para-hydroxylation sites is 1. The summed E-state index contributed by atoms with van der Waals surface area (Å²) in [6.07, 6.45) is 0.906. The van der Waals surface area contributed by atoms with E-state index in [4.69, 9.17) is 14.5 Å². The molecule has 0 unspecified atom stereocenters. The SMILES string of the molecule is CCC(C)(C)n1nnnc1[C@@H](c1ccc(OC)cc1OC)N1CCN(c2nc3ccccc3s2)CC1. The normalized spacial score (nSPS) is 15.9. The first-order valence-electron chi connectivity index (χ1n) is 12.3. The van der Waals surface area contributed by atoms with Crippen molar-refractivity contribution in [3.63, 3.8) is 0 Å². The predicted octanol–water partition coefficient (Wildman–Crippen LogP) is 4.36. The fraction of sp³-hybridized carbons (Fsp3) is 0.462. The van der Waals surface area contributed by atoms with Gasteiger partial charge in [-0.1, -0.05) is 30.4 Å². The Balaban J connectivity index is 1.49. The third-order valence-corrected chi connectivity index (χ3v) is 8.24. The van der Waals surface area contributed by atoms with Gasteiger partial charge >= 0.3 is 0 Å². The first kappa shape index (κ1) is 24.5. The summed E-state index contributed by atoms with van der Waals surface area (Å²) in [5.41, 5.74) is 1.86. The van der Waals surface area contributed by atoms with Gasteiger partial charge in [-0.15, -0.1) is 5.10 Å². The van der Waals surface area contributed by atoms with E-state index >= 15 is 0 Å². The van der Waals surface area contributed by atoms with Crippen molar-refractivity contribution in [1.29, 1.82) is 0 Å². The summed E-state index contributed by atoms with van der Waals surface area (Å²) in [4.78, 5) is 9.70. The van der Waals surface area contributed by atoms with E-state index in [1.807, 2.05) is 22.9 Å². The number of tetrazole rings is 1. The number of fused-ring (bicyclic) bond motifs is 1. The van der Waals surface area contributed by atoms with Crippen LogP contribution in [0.1, 0.15) is 44.6 Å². The van der Waals surface area contributed by atoms with Crippen LogP contribution >= 0.6 is 11.3 Å². The van der Waals surface area contributed by atoms with Gasteiger partial charge in [0.25, 0.3) is 0 Å². The van der Waals surface area contributed by atoms with Crippen LogP contribution < -0.4 is 14.4 Å². The highest BCUT2D eigenvalue weighted by molar-refractivity contribution is 7.22. The monoisotopic (exact) mass is 507 g/mol. The average molecular weight is 508 g/mol. The van der Waals surface area contributed by atoms with E-state index in [1.54, 1.807) is 25.6 Å². The maximum Gasteiger partial charge on any atom is 0.186 e. The van der Waals surface area contributed by atoms with Gasteiger partial charge in [0.1, 0.15) is 17.5 Å². The van der Waals surface area contributed by atoms with E-state index < -0.39 is 0 Å². The van der Waals surface area contributed by atoms with E-state index in [2.05, 4.69) is 70.4 Å². The molecule has 0 N–H and O–H groups in total. The fourth-order valence-electron chi connectivity index (χ4n) is 4.66. The van der Waals surface area contributed by atoms with Crippen molar-refractivity contribution in [1.82, 2.24) is 30.1 Å². The number of anilines is 1. The predicted molar refractivity (Wildman–Crippen MR) is 142 cm³/mol. The number of benzene rings is 2. The van der Waals surface area contributed by atoms with E-state index in [9.17, 15) is 0 Å². The molecule has 0 aliphatic carbocycles. The van der Waals surface area contributed by atoms with Crippen LogP contribution in [0.25, 0.3) is 10.2 Å². The third-order valence-electron chi connectivity index (χ3n) is 7.14. The second-order valence-electron chi connectivity index (χ2n) is 9.61. The van der Waals surface area contributed by atoms with Crippen LogP contribution in [0, 0.1) is 0 Å². The Morgan fingerprint density at radius 3 is 2.50 bits per heavy atom. The van der Waals surface area contributed by atoms with Crippen molar-refractivity contribution < 1.29 is 9.47 Å². The van der Waals surface area contributed by atoms with Gasteiger partial charge in [-0.25, -0.2) is 9.67 Å². The first-order valence-corrected chi connectivity index (χ1v) is 13.1. The molecule has 0 bridgehead atoms. The molecule has 3 heterocycles. The number of aromatic nitrogens is 5. The lowest BCUT2D eigenvalue weighted by atomic mass is 9.98. The van der Waals surface area contributed by atoms with Crippen molar-refractivity contribution in [3.8, 4) is 11.5 Å². The molecule has 0 spiro atoms. The fourth-order valence-corrected chi connectivity index (χ4v) is 5.67. The van der Waals surface area contributed by atoms with Crippen molar-refractivity contribution in [2.45, 2.75) is 38.8 Å². The third kappa shape index (κ3) is 4.51. The summed E-state index contributed by atoms with van der Waals surface area (Å²) in [5.74, 6) is 2.33. The summed E-state index contributed by atoms with van der Waals surface area (Å²) in [5, 5.41) is 14.2. The number of hydrogen-bond acceptors (Lipinski definition) is 9. The summed E-state index contributed by atoms with van der Waals surface area (Å²) in [6.45, 7) is 9.91. The lowest BCUT2D eigenvalue weighted by Gasteiger charge is -2.40. The number of hydrogen-bond donors (Lipinski definition) is 0. The number of nitrogens with zero attached hydrogens (tertiary/aromatic N) is 7. The van der Waals surface area contributed by atoms with Crippen LogP contribution in [0.5, 0.6) is 11.5 Å². The molecule has 10 heteroatoms. The van der Waals surface area contributed by atoms with Crippen LogP contribution in [0.3, 0.4) is 0 Å². The Morgan fingerprint density at radius 2 is 1.81 bits per heavy atom. The number of thiazole rings is 1. The molecule has 1 atom stereocenters. The van der Waals surface area contributed by atoms with E-state index in [-0.39, 0.29) is 11.6 Å². The average Bonchev–Trinajstić information content (AvgIpc) is 3.57. The molecular weight excluding hydrogens is 474 g/mol. The van der Waals surface area contributed by atoms with Crippen LogP contribution in [-0.2, 0) is 5.54 Å². The van der Waals surface area contributed by atoms with Crippen molar-refractivity contribution >= 4 is 26.7 Å². The van der Waals surface area contributed by atoms with Crippen LogP contribution in [-0.4, -0.2) is 70.5 Å². The summed E-state index contributed by atoms with van der Waals surface area (Å²) < 4.78 is 14.5. The Kier molecular flexibility index (Phi) is 6.81. The van der Waals surface area contributed by atoms with Gasteiger partial charge in [0, 0.05) is 37.8 Å². The maximum absolute atomic E-state index is 5.83. The zero-order chi connectivity index (χ0) is 25.3. The molecule has 5 rings (SSSR count). The molecular formula is C26H33N7O2S. The molecule has 1 aliphatic rings. The largest absolute Gasteiger partial charge is 0.497 e. The Bertz CT molecular complexity index is 1290. The van der Waals surface area contributed by atoms with E-state index in [0.29, 0.717) is 0 Å². The van der Waals surface area contributed by atoms with Crippen molar-refractivity contribution in [2.24, 2.45) is 0 Å². The number of methoxy groups -OCH3 is 2. The standard InChI is InChI=1S/C26H33N7O2S/c1-6-26(2,3)33-24(28-29-30-33)23(19-12-11-18(34-4)17-21(19)35-5)31-13-15-32(16-14-31)25-27-20-9-7-8-10-22(20)36-25/h7-12,17,23H,6,13-16H2,1-5H3/t23-/m1/s1. The van der Waals surface area contributed by atoms with Crippen molar-refractivity contribution in [3.05, 3.63) is 53.9 Å². The Hall–Kier alpha value is -3.24. The molecule has 1 aliphatic heterocycles. The number of piperazine rings is 1. The van der Waals surface area contributed by atoms with Crippen LogP contribution in [0.2, 0.25) is 0 Å². The van der Waals surface area contributed by atoms with Gasteiger partial charge in [0.05, 0.1) is 30.0 Å². The van der Waals surface area contributed by atoms with Gasteiger partial charge in [-0.3, -0.25) is 4.90 Å². The minimum atomic E-state index is -0.223. The second kappa shape index (κ2) is 10.0. The maximum atomic E-state index is 5.83. The number of rotatable bonds is 8. The molecule has 1 fully saturated rings. The zero-order valence-corrected chi connectivity index (χ0v) is 22.3. The van der Waals surface area contributed by atoms with Gasteiger partial charge in [0.15, 0.2) is 11.0 Å². The van der Waals surface area contributed by atoms with E-state index in [1.165, 1.54) is 4.70 Å². The molecule has 0 radical (unpaired) electrons. The molecule has 36 heavy (non-hydrogen) atoms. The molecule has 0 amide bonds. The first-order chi connectivity index (χ1) is 17.4. The Morgan fingerprint density at radius 1 is 1.03 bits per heavy atom. The van der Waals surface area contributed by atoms with Crippen molar-refractivity contribution in [2.75, 3.05) is 45.3 Å². The molecule has 190 valence electrons. The summed E-state index contributed by atoms with van der Waals surface area (Å²) in [7, 11) is 3.36. The molecule has 2 aromatic heterocycles. The number of ether oxygens (including phenoxy) is 2. The molecule has 2 aromatic carbocycles. The smallest absolute Gasteiger partial charge is 0.186 e. The minimum absolute atomic E-state index is 0.163. The molecule has 0 saturated carbocycles. The quantitative estimate of drug-likeness (QED) is 0.348. The highest BCUT2D eigenvalue weighted by Crippen LogP contribution is 2.38. The topological polar surface area (TPSA) is 81.4 Å². The van der Waals surface area contributed by atoms with Gasteiger partial charge in [-0.2, -0.15) is 0 Å². The lowest BCUT2D eigenvalue weighted by Crippen LogP contribution is -2.49. The Labute approximate surface area is 215 Å². The summed E-state index contributed by atoms with van der Waals surface area (Å²) in [6, 6.07) is 14.1. The highest BCUT2D eigenvalue weighted by Gasteiger charge is 2.36. The zero-order valence-electron chi connectivity index (χ0n) is 21.5. The minimum Gasteiger partial charge on any atom is -0.497 e. The molecule has 1 saturated heterocycles. The highest BCUT2D eigenvalue weighted by atomic mass is 32.1. The van der Waals surface area contributed by atoms with Crippen LogP contribution in [0.15, 0.2) is 42.5 Å². The summed E-state index contributed by atoms with van der Waals surface area (Å²) >= 11 is 1.75. The van der Waals surface area contributed by atoms with E-state index in [0.717, 1.165) is 66.1 Å². The lowest BCUT2D eigenvalue weighted by molar-refractivity contribution is 0.184.